The van der Waals surface area contributed by atoms with Crippen LogP contribution in [0.15, 0.2) is 27.7 Å². The van der Waals surface area contributed by atoms with Gasteiger partial charge in [-0.1, -0.05) is 33.6 Å². The minimum absolute atomic E-state index is 0.0263. The van der Waals surface area contributed by atoms with Crippen molar-refractivity contribution in [2.45, 2.75) is 6.04 Å². The Bertz CT molecular complexity index is 394. The lowest BCUT2D eigenvalue weighted by Crippen LogP contribution is -2.10. The summed E-state index contributed by atoms with van der Waals surface area (Å²) in [7, 11) is 0. The first-order chi connectivity index (χ1) is 6.66. The number of aliphatic imine (C=N–C) groups is 1. The third-order valence-electron chi connectivity index (χ3n) is 1.99. The Kier molecular flexibility index (Phi) is 2.65. The Labute approximate surface area is 95.0 Å². The van der Waals surface area contributed by atoms with E-state index in [2.05, 4.69) is 20.9 Å². The van der Waals surface area contributed by atoms with Crippen LogP contribution < -0.4 is 5.73 Å². The third kappa shape index (κ3) is 1.86. The van der Waals surface area contributed by atoms with Crippen LogP contribution in [0.1, 0.15) is 11.6 Å². The molecule has 1 unspecified atom stereocenters. The lowest BCUT2D eigenvalue weighted by molar-refractivity contribution is 0.315. The molecule has 1 aliphatic heterocycles. The van der Waals surface area contributed by atoms with Crippen LogP contribution in [0.2, 0.25) is 5.02 Å². The van der Waals surface area contributed by atoms with Crippen molar-refractivity contribution in [2.75, 3.05) is 6.61 Å². The monoisotopic (exact) mass is 274 g/mol. The normalized spacial score (nSPS) is 20.4. The molecule has 0 aromatic heterocycles. The van der Waals surface area contributed by atoms with Crippen molar-refractivity contribution >= 4 is 33.6 Å². The second-order valence-electron chi connectivity index (χ2n) is 2.96. The number of benzene rings is 1. The molecule has 0 radical (unpaired) electrons. The molecule has 0 fully saturated rings. The highest BCUT2D eigenvalue weighted by molar-refractivity contribution is 9.10. The SMILES string of the molecule is NC1=NC(c2ccc(Cl)cc2Br)CO1. The van der Waals surface area contributed by atoms with Gasteiger partial charge in [-0.25, -0.2) is 4.99 Å². The standard InChI is InChI=1S/C9H8BrClN2O/c10-7-3-5(11)1-2-6(7)8-4-14-9(12)13-8/h1-3,8H,4H2,(H2,12,13). The highest BCUT2D eigenvalue weighted by Gasteiger charge is 2.20. The number of hydrogen-bond acceptors (Lipinski definition) is 3. The highest BCUT2D eigenvalue weighted by atomic mass is 79.9. The molecule has 1 aromatic rings. The van der Waals surface area contributed by atoms with Crippen LogP contribution >= 0.6 is 27.5 Å². The molecule has 0 saturated heterocycles. The maximum absolute atomic E-state index is 5.83. The molecule has 5 heteroatoms. The van der Waals surface area contributed by atoms with E-state index in [1.807, 2.05) is 18.2 Å². The van der Waals surface area contributed by atoms with Crippen molar-refractivity contribution in [3.63, 3.8) is 0 Å². The van der Waals surface area contributed by atoms with Crippen molar-refractivity contribution in [3.05, 3.63) is 33.3 Å². The second-order valence-corrected chi connectivity index (χ2v) is 4.25. The van der Waals surface area contributed by atoms with Gasteiger partial charge in [0.1, 0.15) is 12.6 Å². The molecule has 0 bridgehead atoms. The van der Waals surface area contributed by atoms with Crippen LogP contribution in [-0.2, 0) is 4.74 Å². The van der Waals surface area contributed by atoms with Gasteiger partial charge in [0, 0.05) is 9.50 Å². The zero-order valence-corrected chi connectivity index (χ0v) is 9.55. The zero-order chi connectivity index (χ0) is 10.1. The maximum Gasteiger partial charge on any atom is 0.282 e. The van der Waals surface area contributed by atoms with Crippen LogP contribution in [0.5, 0.6) is 0 Å². The Morgan fingerprint density at radius 2 is 2.36 bits per heavy atom. The van der Waals surface area contributed by atoms with Gasteiger partial charge >= 0.3 is 0 Å². The van der Waals surface area contributed by atoms with Crippen molar-refractivity contribution in [1.82, 2.24) is 0 Å². The number of ether oxygens (including phenoxy) is 1. The molecule has 2 rings (SSSR count). The van der Waals surface area contributed by atoms with E-state index in [-0.39, 0.29) is 12.1 Å². The van der Waals surface area contributed by atoms with E-state index in [1.54, 1.807) is 0 Å². The molecular formula is C9H8BrClN2O. The summed E-state index contributed by atoms with van der Waals surface area (Å²) in [6.45, 7) is 0.492. The smallest absolute Gasteiger partial charge is 0.282 e. The van der Waals surface area contributed by atoms with Crippen LogP contribution in [0, 0.1) is 0 Å². The van der Waals surface area contributed by atoms with Crippen LogP contribution in [-0.4, -0.2) is 12.6 Å². The predicted molar refractivity (Wildman–Crippen MR) is 59.5 cm³/mol. The summed E-state index contributed by atoms with van der Waals surface area (Å²) in [6.07, 6.45) is 0. The fraction of sp³-hybridized carbons (Fsp3) is 0.222. The summed E-state index contributed by atoms with van der Waals surface area (Å²) < 4.78 is 6.01. The summed E-state index contributed by atoms with van der Waals surface area (Å²) in [5.74, 6) is 0. The first-order valence-electron chi connectivity index (χ1n) is 4.08. The Balaban J connectivity index is 2.33. The summed E-state index contributed by atoms with van der Waals surface area (Å²) in [5.41, 5.74) is 6.47. The molecular weight excluding hydrogens is 267 g/mol. The summed E-state index contributed by atoms with van der Waals surface area (Å²) in [5, 5.41) is 0.691. The predicted octanol–water partition coefficient (Wildman–Crippen LogP) is 2.49. The lowest BCUT2D eigenvalue weighted by Gasteiger charge is -2.07. The molecule has 1 atom stereocenters. The Morgan fingerprint density at radius 1 is 1.57 bits per heavy atom. The summed E-state index contributed by atoms with van der Waals surface area (Å²) in [4.78, 5) is 4.15. The maximum atomic E-state index is 5.83. The molecule has 2 N–H and O–H groups in total. The zero-order valence-electron chi connectivity index (χ0n) is 7.21. The van der Waals surface area contributed by atoms with E-state index in [1.165, 1.54) is 0 Å². The number of nitrogens with two attached hydrogens (primary N) is 1. The molecule has 0 saturated carbocycles. The number of hydrogen-bond donors (Lipinski definition) is 1. The molecule has 74 valence electrons. The Hall–Kier alpha value is -0.740. The van der Waals surface area contributed by atoms with E-state index in [0.29, 0.717) is 11.6 Å². The first kappa shape index (κ1) is 9.80. The average Bonchev–Trinajstić information content (AvgIpc) is 2.51. The molecule has 1 aromatic carbocycles. The van der Waals surface area contributed by atoms with Gasteiger partial charge in [0.25, 0.3) is 6.02 Å². The largest absolute Gasteiger partial charge is 0.463 e. The van der Waals surface area contributed by atoms with Gasteiger partial charge in [-0.3, -0.25) is 0 Å². The first-order valence-corrected chi connectivity index (χ1v) is 5.25. The van der Waals surface area contributed by atoms with E-state index in [0.717, 1.165) is 10.0 Å². The molecule has 14 heavy (non-hydrogen) atoms. The fourth-order valence-electron chi connectivity index (χ4n) is 1.32. The van der Waals surface area contributed by atoms with E-state index < -0.39 is 0 Å². The quantitative estimate of drug-likeness (QED) is 0.856. The van der Waals surface area contributed by atoms with Gasteiger partial charge in [0.15, 0.2) is 0 Å². The number of amidine groups is 1. The molecule has 1 heterocycles. The van der Waals surface area contributed by atoms with Gasteiger partial charge in [-0.15, -0.1) is 0 Å². The highest BCUT2D eigenvalue weighted by Crippen LogP contribution is 2.30. The van der Waals surface area contributed by atoms with Crippen molar-refractivity contribution in [3.8, 4) is 0 Å². The average molecular weight is 276 g/mol. The second kappa shape index (κ2) is 3.79. The summed E-state index contributed by atoms with van der Waals surface area (Å²) >= 11 is 9.26. The summed E-state index contributed by atoms with van der Waals surface area (Å²) in [6, 6.07) is 5.80. The van der Waals surface area contributed by atoms with Gasteiger partial charge in [-0.05, 0) is 17.7 Å². The van der Waals surface area contributed by atoms with E-state index in [4.69, 9.17) is 22.1 Å². The van der Waals surface area contributed by atoms with Crippen molar-refractivity contribution < 1.29 is 4.74 Å². The topological polar surface area (TPSA) is 47.6 Å². The molecule has 0 spiro atoms. The van der Waals surface area contributed by atoms with Crippen LogP contribution in [0.25, 0.3) is 0 Å². The lowest BCUT2D eigenvalue weighted by atomic mass is 10.1. The van der Waals surface area contributed by atoms with E-state index >= 15 is 0 Å². The number of halogens is 2. The molecule has 0 aliphatic carbocycles. The molecule has 1 aliphatic rings. The van der Waals surface area contributed by atoms with Crippen molar-refractivity contribution in [1.29, 1.82) is 0 Å². The minimum atomic E-state index is -0.0263. The van der Waals surface area contributed by atoms with Gasteiger partial charge in [-0.2, -0.15) is 0 Å². The van der Waals surface area contributed by atoms with Gasteiger partial charge in [0.2, 0.25) is 0 Å². The number of rotatable bonds is 1. The van der Waals surface area contributed by atoms with E-state index in [9.17, 15) is 0 Å². The Morgan fingerprint density at radius 3 is 2.93 bits per heavy atom. The molecule has 0 amide bonds. The van der Waals surface area contributed by atoms with Crippen LogP contribution in [0.4, 0.5) is 0 Å². The van der Waals surface area contributed by atoms with Crippen LogP contribution in [0.3, 0.4) is 0 Å². The van der Waals surface area contributed by atoms with Crippen molar-refractivity contribution in [2.24, 2.45) is 10.7 Å². The molecule has 3 nitrogen and oxygen atoms in total. The number of nitrogens with zero attached hydrogens (tertiary/aromatic N) is 1. The minimum Gasteiger partial charge on any atom is -0.463 e. The van der Waals surface area contributed by atoms with Gasteiger partial charge < -0.3 is 10.5 Å². The van der Waals surface area contributed by atoms with Gasteiger partial charge in [0.05, 0.1) is 0 Å². The fourth-order valence-corrected chi connectivity index (χ4v) is 2.27. The third-order valence-corrected chi connectivity index (χ3v) is 2.92.